The predicted octanol–water partition coefficient (Wildman–Crippen LogP) is 6.50. The maximum atomic E-state index is 16.7. The first-order valence-corrected chi connectivity index (χ1v) is 15.8. The first kappa shape index (κ1) is 29.9. The molecule has 2 saturated heterocycles. The van der Waals surface area contributed by atoms with E-state index in [9.17, 15) is 4.79 Å². The lowest BCUT2D eigenvalue weighted by Crippen LogP contribution is -2.50. The van der Waals surface area contributed by atoms with Crippen molar-refractivity contribution >= 4 is 34.4 Å². The van der Waals surface area contributed by atoms with Crippen molar-refractivity contribution in [3.8, 4) is 17.1 Å². The lowest BCUT2D eigenvalue weighted by molar-refractivity contribution is 0.0240. The fourth-order valence-electron chi connectivity index (χ4n) is 6.52. The Bertz CT molecular complexity index is 1520. The standard InChI is InChI=1S/C33H41ClFN5O3/c1-33(2,3)43-32(41)40-17-15-39(16-18-40)30-25-19-26(34)27(24-13-7-10-21-9-5-6-12-23(21)24)28(35)29(25)36-31(37-30)42-20-22-11-8-14-38(22)4/h7,10,13,19,22H,5-6,8-9,11-12,14-18,20H2,1-4H3. The van der Waals surface area contributed by atoms with Gasteiger partial charge >= 0.3 is 12.1 Å². The number of anilines is 1. The molecule has 0 bridgehead atoms. The lowest BCUT2D eigenvalue weighted by atomic mass is 9.85. The molecule has 0 N–H and O–H groups in total. The van der Waals surface area contributed by atoms with Crippen molar-refractivity contribution in [3.05, 3.63) is 46.2 Å². The van der Waals surface area contributed by atoms with E-state index in [1.54, 1.807) is 11.0 Å². The normalized spacial score (nSPS) is 19.5. The second-order valence-corrected chi connectivity index (χ2v) is 13.4. The van der Waals surface area contributed by atoms with Gasteiger partial charge in [-0.3, -0.25) is 0 Å². The molecular weight excluding hydrogens is 569 g/mol. The highest BCUT2D eigenvalue weighted by molar-refractivity contribution is 6.34. The largest absolute Gasteiger partial charge is 0.462 e. The average Bonchev–Trinajstić information content (AvgIpc) is 3.39. The van der Waals surface area contributed by atoms with E-state index < -0.39 is 11.4 Å². The number of amides is 1. The van der Waals surface area contributed by atoms with Crippen molar-refractivity contribution in [2.45, 2.75) is 70.9 Å². The van der Waals surface area contributed by atoms with Crippen LogP contribution < -0.4 is 9.64 Å². The van der Waals surface area contributed by atoms with E-state index in [-0.39, 0.29) is 23.7 Å². The van der Waals surface area contributed by atoms with Crippen LogP contribution in [0.4, 0.5) is 15.0 Å². The van der Waals surface area contributed by atoms with E-state index in [1.165, 1.54) is 11.1 Å². The van der Waals surface area contributed by atoms with Crippen molar-refractivity contribution in [3.63, 3.8) is 0 Å². The van der Waals surface area contributed by atoms with E-state index in [1.807, 2.05) is 32.9 Å². The van der Waals surface area contributed by atoms with Gasteiger partial charge in [0.25, 0.3) is 0 Å². The Kier molecular flexibility index (Phi) is 8.39. The number of hydrogen-bond donors (Lipinski definition) is 0. The third-order valence-electron chi connectivity index (χ3n) is 8.81. The van der Waals surface area contributed by atoms with Gasteiger partial charge in [0.15, 0.2) is 5.82 Å². The zero-order chi connectivity index (χ0) is 30.3. The minimum Gasteiger partial charge on any atom is -0.462 e. The molecule has 0 radical (unpaired) electrons. The minimum absolute atomic E-state index is 0.152. The average molecular weight is 610 g/mol. The van der Waals surface area contributed by atoms with Gasteiger partial charge in [-0.2, -0.15) is 9.97 Å². The first-order chi connectivity index (χ1) is 20.6. The summed E-state index contributed by atoms with van der Waals surface area (Å²) >= 11 is 6.91. The quantitative estimate of drug-likeness (QED) is 0.327. The molecule has 43 heavy (non-hydrogen) atoms. The van der Waals surface area contributed by atoms with Gasteiger partial charge in [0.1, 0.15) is 23.5 Å². The number of fused-ring (bicyclic) bond motifs is 2. The van der Waals surface area contributed by atoms with Crippen LogP contribution in [-0.2, 0) is 17.6 Å². The minimum atomic E-state index is -0.569. The van der Waals surface area contributed by atoms with Gasteiger partial charge in [-0.15, -0.1) is 0 Å². The zero-order valence-corrected chi connectivity index (χ0v) is 26.3. The molecule has 2 fully saturated rings. The predicted molar refractivity (Wildman–Crippen MR) is 168 cm³/mol. The maximum Gasteiger partial charge on any atom is 0.410 e. The van der Waals surface area contributed by atoms with Crippen LogP contribution in [0.2, 0.25) is 5.02 Å². The van der Waals surface area contributed by atoms with Crippen molar-refractivity contribution in [2.75, 3.05) is 51.3 Å². The van der Waals surface area contributed by atoms with Gasteiger partial charge in [-0.25, -0.2) is 9.18 Å². The van der Waals surface area contributed by atoms with Crippen LogP contribution in [0, 0.1) is 5.82 Å². The number of nitrogens with zero attached hydrogens (tertiary/aromatic N) is 5. The highest BCUT2D eigenvalue weighted by Gasteiger charge is 2.30. The molecule has 1 aromatic heterocycles. The summed E-state index contributed by atoms with van der Waals surface area (Å²) in [6.07, 6.45) is 5.93. The molecule has 0 spiro atoms. The molecule has 2 aliphatic heterocycles. The number of halogens is 2. The van der Waals surface area contributed by atoms with Gasteiger partial charge in [0, 0.05) is 43.2 Å². The number of likely N-dealkylation sites (tertiary alicyclic amines) is 1. The zero-order valence-electron chi connectivity index (χ0n) is 25.6. The summed E-state index contributed by atoms with van der Waals surface area (Å²) in [5.41, 5.74) is 3.27. The van der Waals surface area contributed by atoms with E-state index >= 15 is 4.39 Å². The Morgan fingerprint density at radius 2 is 1.84 bits per heavy atom. The number of rotatable bonds is 5. The summed E-state index contributed by atoms with van der Waals surface area (Å²) in [4.78, 5) is 28.2. The monoisotopic (exact) mass is 609 g/mol. The Morgan fingerprint density at radius 1 is 1.07 bits per heavy atom. The van der Waals surface area contributed by atoms with Crippen LogP contribution in [0.5, 0.6) is 6.01 Å². The number of likely N-dealkylation sites (N-methyl/N-ethyl adjacent to an activating group) is 1. The third-order valence-corrected chi connectivity index (χ3v) is 9.11. The number of benzene rings is 2. The molecule has 1 unspecified atom stereocenters. The van der Waals surface area contributed by atoms with Gasteiger partial charge in [-0.1, -0.05) is 29.8 Å². The van der Waals surface area contributed by atoms with Gasteiger partial charge in [0.2, 0.25) is 0 Å². The highest BCUT2D eigenvalue weighted by atomic mass is 35.5. The van der Waals surface area contributed by atoms with Crippen molar-refractivity contribution in [1.82, 2.24) is 19.8 Å². The fourth-order valence-corrected chi connectivity index (χ4v) is 6.81. The number of ether oxygens (including phenoxy) is 2. The van der Waals surface area contributed by atoms with Crippen LogP contribution in [0.1, 0.15) is 57.6 Å². The Labute approximate surface area is 258 Å². The molecule has 1 aliphatic carbocycles. The van der Waals surface area contributed by atoms with Gasteiger partial charge in [-0.05, 0) is 95.6 Å². The maximum absolute atomic E-state index is 16.7. The summed E-state index contributed by atoms with van der Waals surface area (Å²) in [7, 11) is 2.09. The van der Waals surface area contributed by atoms with E-state index in [0.717, 1.165) is 50.6 Å². The molecule has 1 atom stereocenters. The summed E-state index contributed by atoms with van der Waals surface area (Å²) in [6.45, 7) is 8.94. The molecule has 6 rings (SSSR count). The summed E-state index contributed by atoms with van der Waals surface area (Å²) < 4.78 is 28.5. The van der Waals surface area contributed by atoms with E-state index in [0.29, 0.717) is 54.6 Å². The Morgan fingerprint density at radius 3 is 2.56 bits per heavy atom. The fraction of sp³-hybridized carbons (Fsp3) is 0.545. The van der Waals surface area contributed by atoms with Crippen LogP contribution in [0.25, 0.3) is 22.0 Å². The lowest BCUT2D eigenvalue weighted by Gasteiger charge is -2.36. The second kappa shape index (κ2) is 12.1. The molecule has 3 aromatic rings. The number of hydrogen-bond acceptors (Lipinski definition) is 7. The van der Waals surface area contributed by atoms with Crippen molar-refractivity contribution in [1.29, 1.82) is 0 Å². The van der Waals surface area contributed by atoms with Crippen molar-refractivity contribution < 1.29 is 18.7 Å². The molecular formula is C33H41ClFN5O3. The third kappa shape index (κ3) is 6.25. The molecule has 3 heterocycles. The molecule has 10 heteroatoms. The second-order valence-electron chi connectivity index (χ2n) is 13.0. The first-order valence-electron chi connectivity index (χ1n) is 15.5. The SMILES string of the molecule is CN1CCCC1COc1nc(N2CCN(C(=O)OC(C)(C)C)CC2)c2cc(Cl)c(-c3cccc4c3CCCC4)c(F)c2n1. The molecule has 2 aromatic carbocycles. The van der Waals surface area contributed by atoms with Gasteiger partial charge < -0.3 is 24.2 Å². The van der Waals surface area contributed by atoms with Crippen LogP contribution >= 0.6 is 11.6 Å². The van der Waals surface area contributed by atoms with E-state index in [2.05, 4.69) is 27.9 Å². The number of aryl methyl sites for hydroxylation is 1. The molecule has 3 aliphatic rings. The van der Waals surface area contributed by atoms with E-state index in [4.69, 9.17) is 26.1 Å². The Hall–Kier alpha value is -3.17. The summed E-state index contributed by atoms with van der Waals surface area (Å²) in [5, 5.41) is 0.870. The molecule has 230 valence electrons. The van der Waals surface area contributed by atoms with Crippen LogP contribution in [0.15, 0.2) is 24.3 Å². The number of carbonyl (C=O) groups is 1. The number of aromatic nitrogens is 2. The highest BCUT2D eigenvalue weighted by Crippen LogP contribution is 2.42. The summed E-state index contributed by atoms with van der Waals surface area (Å²) in [6, 6.07) is 8.30. The molecule has 1 amide bonds. The smallest absolute Gasteiger partial charge is 0.410 e. The summed E-state index contributed by atoms with van der Waals surface area (Å²) in [5.74, 6) is 0.103. The van der Waals surface area contributed by atoms with Crippen molar-refractivity contribution in [2.24, 2.45) is 0 Å². The molecule has 0 saturated carbocycles. The Balaban J connectivity index is 1.38. The number of carbonyl (C=O) groups excluding carboxylic acids is 1. The topological polar surface area (TPSA) is 71.0 Å². The van der Waals surface area contributed by atoms with Crippen LogP contribution in [0.3, 0.4) is 0 Å². The molecule has 8 nitrogen and oxygen atoms in total. The van der Waals surface area contributed by atoms with Crippen LogP contribution in [-0.4, -0.2) is 83.9 Å². The number of piperazine rings is 1. The van der Waals surface area contributed by atoms with Gasteiger partial charge in [0.05, 0.1) is 5.02 Å².